The van der Waals surface area contributed by atoms with Crippen LogP contribution in [0.2, 0.25) is 5.15 Å². The Kier molecular flexibility index (Phi) is 2.70. The van der Waals surface area contributed by atoms with E-state index in [2.05, 4.69) is 10.3 Å². The molecule has 5 heteroatoms. The molecule has 0 spiro atoms. The fraction of sp³-hybridized carbons (Fsp3) is 0. The Labute approximate surface area is 97.2 Å². The number of benzene rings is 1. The average molecular weight is 238 g/mol. The lowest BCUT2D eigenvalue weighted by Crippen LogP contribution is -2.18. The van der Waals surface area contributed by atoms with E-state index in [0.717, 1.165) is 16.5 Å². The number of thiocarbonyl (C=S) groups is 1. The molecule has 1 heterocycles. The minimum atomic E-state index is 0.247. The van der Waals surface area contributed by atoms with Crippen LogP contribution >= 0.6 is 23.8 Å². The number of hydrogen-bond donors (Lipinski definition) is 2. The molecule has 0 fully saturated rings. The second kappa shape index (κ2) is 4.00. The molecular formula is C10H8ClN3S. The molecule has 0 aliphatic carbocycles. The van der Waals surface area contributed by atoms with Gasteiger partial charge in [0.2, 0.25) is 0 Å². The summed E-state index contributed by atoms with van der Waals surface area (Å²) < 4.78 is 0. The summed E-state index contributed by atoms with van der Waals surface area (Å²) in [7, 11) is 0. The van der Waals surface area contributed by atoms with Crippen LogP contribution in [0.3, 0.4) is 0 Å². The van der Waals surface area contributed by atoms with Gasteiger partial charge in [-0.1, -0.05) is 17.7 Å². The summed E-state index contributed by atoms with van der Waals surface area (Å²) in [5.41, 5.74) is 6.22. The van der Waals surface area contributed by atoms with Crippen LogP contribution in [0.5, 0.6) is 0 Å². The van der Waals surface area contributed by atoms with Crippen LogP contribution in [0.15, 0.2) is 30.5 Å². The highest BCUT2D eigenvalue weighted by Crippen LogP contribution is 2.20. The van der Waals surface area contributed by atoms with E-state index in [0.29, 0.717) is 5.15 Å². The molecule has 0 saturated heterocycles. The molecule has 15 heavy (non-hydrogen) atoms. The Morgan fingerprint density at radius 2 is 2.13 bits per heavy atom. The van der Waals surface area contributed by atoms with Crippen LogP contribution in [0.1, 0.15) is 0 Å². The molecule has 0 amide bonds. The molecule has 0 radical (unpaired) electrons. The minimum Gasteiger partial charge on any atom is -0.376 e. The monoisotopic (exact) mass is 237 g/mol. The van der Waals surface area contributed by atoms with Gasteiger partial charge in [-0.05, 0) is 35.8 Å². The van der Waals surface area contributed by atoms with Crippen LogP contribution in [0, 0.1) is 0 Å². The molecule has 0 bridgehead atoms. The lowest BCUT2D eigenvalue weighted by atomic mass is 10.1. The molecule has 2 rings (SSSR count). The maximum Gasteiger partial charge on any atom is 0.168 e. The van der Waals surface area contributed by atoms with Crippen molar-refractivity contribution in [2.45, 2.75) is 0 Å². The number of aromatic nitrogens is 1. The predicted octanol–water partition coefficient (Wildman–Crippen LogP) is 2.54. The lowest BCUT2D eigenvalue weighted by molar-refractivity contribution is 1.36. The molecule has 3 nitrogen and oxygen atoms in total. The Morgan fingerprint density at radius 3 is 2.87 bits per heavy atom. The van der Waals surface area contributed by atoms with Crippen molar-refractivity contribution in [3.8, 4) is 0 Å². The van der Waals surface area contributed by atoms with Crippen molar-refractivity contribution in [2.75, 3.05) is 5.32 Å². The van der Waals surface area contributed by atoms with E-state index in [1.165, 1.54) is 0 Å². The van der Waals surface area contributed by atoms with Gasteiger partial charge in [0.25, 0.3) is 0 Å². The molecule has 0 atom stereocenters. The fourth-order valence-corrected chi connectivity index (χ4v) is 1.62. The van der Waals surface area contributed by atoms with Gasteiger partial charge in [-0.25, -0.2) is 4.98 Å². The summed E-state index contributed by atoms with van der Waals surface area (Å²) in [5.74, 6) is 0. The standard InChI is InChI=1S/C10H8ClN3S/c11-9-4-6-1-2-8(14-10(12)15)3-7(6)5-13-9/h1-5H,(H3,12,14,15). The highest BCUT2D eigenvalue weighted by molar-refractivity contribution is 7.80. The lowest BCUT2D eigenvalue weighted by Gasteiger charge is -2.05. The van der Waals surface area contributed by atoms with E-state index in [9.17, 15) is 0 Å². The Balaban J connectivity index is 2.47. The Bertz CT molecular complexity index is 527. The molecule has 1 aromatic heterocycles. The van der Waals surface area contributed by atoms with E-state index in [4.69, 9.17) is 29.6 Å². The van der Waals surface area contributed by atoms with Crippen LogP contribution in [-0.4, -0.2) is 10.1 Å². The summed E-state index contributed by atoms with van der Waals surface area (Å²) in [5, 5.41) is 5.61. The van der Waals surface area contributed by atoms with Gasteiger partial charge in [-0.3, -0.25) is 0 Å². The van der Waals surface area contributed by atoms with Crippen molar-refractivity contribution in [2.24, 2.45) is 5.73 Å². The molecule has 0 unspecified atom stereocenters. The van der Waals surface area contributed by atoms with Crippen molar-refractivity contribution in [3.05, 3.63) is 35.6 Å². The molecule has 2 aromatic rings. The number of pyridine rings is 1. The summed E-state index contributed by atoms with van der Waals surface area (Å²) >= 11 is 10.5. The normalized spacial score (nSPS) is 10.2. The zero-order chi connectivity index (χ0) is 10.8. The van der Waals surface area contributed by atoms with Gasteiger partial charge >= 0.3 is 0 Å². The third kappa shape index (κ3) is 2.34. The number of halogens is 1. The van der Waals surface area contributed by atoms with E-state index >= 15 is 0 Å². The average Bonchev–Trinajstić information content (AvgIpc) is 2.17. The third-order valence-corrected chi connectivity index (χ3v) is 2.26. The van der Waals surface area contributed by atoms with Gasteiger partial charge in [0.1, 0.15) is 5.15 Å². The molecule has 3 N–H and O–H groups in total. The van der Waals surface area contributed by atoms with Crippen molar-refractivity contribution >= 4 is 45.4 Å². The first-order valence-electron chi connectivity index (χ1n) is 4.27. The number of hydrogen-bond acceptors (Lipinski definition) is 2. The highest BCUT2D eigenvalue weighted by atomic mass is 35.5. The maximum absolute atomic E-state index is 5.78. The number of fused-ring (bicyclic) bond motifs is 1. The maximum atomic E-state index is 5.78. The quantitative estimate of drug-likeness (QED) is 0.591. The van der Waals surface area contributed by atoms with Crippen LogP contribution < -0.4 is 11.1 Å². The van der Waals surface area contributed by atoms with Crippen molar-refractivity contribution < 1.29 is 0 Å². The van der Waals surface area contributed by atoms with Crippen molar-refractivity contribution in [1.29, 1.82) is 0 Å². The second-order valence-corrected chi connectivity index (χ2v) is 3.89. The predicted molar refractivity (Wildman–Crippen MR) is 67.2 cm³/mol. The van der Waals surface area contributed by atoms with Gasteiger partial charge < -0.3 is 11.1 Å². The van der Waals surface area contributed by atoms with Crippen LogP contribution in [-0.2, 0) is 0 Å². The molecule has 0 aliphatic heterocycles. The Hall–Kier alpha value is -1.39. The second-order valence-electron chi connectivity index (χ2n) is 3.06. The van der Waals surface area contributed by atoms with Crippen molar-refractivity contribution in [1.82, 2.24) is 4.98 Å². The van der Waals surface area contributed by atoms with Gasteiger partial charge in [0.05, 0.1) is 0 Å². The third-order valence-electron chi connectivity index (χ3n) is 1.96. The van der Waals surface area contributed by atoms with Gasteiger partial charge in [-0.15, -0.1) is 0 Å². The molecular weight excluding hydrogens is 230 g/mol. The summed E-state index contributed by atoms with van der Waals surface area (Å²) in [6, 6.07) is 7.54. The van der Waals surface area contributed by atoms with Gasteiger partial charge in [-0.2, -0.15) is 0 Å². The van der Waals surface area contributed by atoms with Crippen LogP contribution in [0.25, 0.3) is 10.8 Å². The highest BCUT2D eigenvalue weighted by Gasteiger charge is 1.98. The SMILES string of the molecule is NC(=S)Nc1ccc2cc(Cl)ncc2c1. The summed E-state index contributed by atoms with van der Waals surface area (Å²) in [4.78, 5) is 4.00. The van der Waals surface area contributed by atoms with Crippen molar-refractivity contribution in [3.63, 3.8) is 0 Å². The molecule has 76 valence electrons. The molecule has 0 saturated carbocycles. The largest absolute Gasteiger partial charge is 0.376 e. The van der Waals surface area contributed by atoms with E-state index in [1.54, 1.807) is 12.3 Å². The fourth-order valence-electron chi connectivity index (χ4n) is 1.33. The zero-order valence-corrected chi connectivity index (χ0v) is 9.27. The van der Waals surface area contributed by atoms with Gasteiger partial charge in [0.15, 0.2) is 5.11 Å². The topological polar surface area (TPSA) is 50.9 Å². The molecule has 0 aliphatic rings. The first-order chi connectivity index (χ1) is 7.15. The summed E-state index contributed by atoms with van der Waals surface area (Å²) in [6.45, 7) is 0. The first kappa shape index (κ1) is 10.1. The van der Waals surface area contributed by atoms with E-state index in [1.807, 2.05) is 18.2 Å². The van der Waals surface area contributed by atoms with Crippen LogP contribution in [0.4, 0.5) is 5.69 Å². The first-order valence-corrected chi connectivity index (χ1v) is 5.05. The number of anilines is 1. The van der Waals surface area contributed by atoms with Gasteiger partial charge in [0, 0.05) is 17.3 Å². The number of nitrogens with one attached hydrogen (secondary N) is 1. The summed E-state index contributed by atoms with van der Waals surface area (Å²) in [6.07, 6.45) is 1.71. The molecule has 1 aromatic carbocycles. The number of rotatable bonds is 1. The Morgan fingerprint density at radius 1 is 1.33 bits per heavy atom. The van der Waals surface area contributed by atoms with E-state index in [-0.39, 0.29) is 5.11 Å². The van der Waals surface area contributed by atoms with E-state index < -0.39 is 0 Å². The number of nitrogens with two attached hydrogens (primary N) is 1. The minimum absolute atomic E-state index is 0.247. The zero-order valence-electron chi connectivity index (χ0n) is 7.70. The smallest absolute Gasteiger partial charge is 0.168 e. The number of nitrogens with zero attached hydrogens (tertiary/aromatic N) is 1.